The minimum absolute atomic E-state index is 0.0822. The third kappa shape index (κ3) is 5.35. The van der Waals surface area contributed by atoms with Gasteiger partial charge < -0.3 is 9.73 Å². The average Bonchev–Trinajstić information content (AvgIpc) is 2.67. The minimum Gasteiger partial charge on any atom is -0.445 e. The molecule has 4 nitrogen and oxygen atoms in total. The Morgan fingerprint density at radius 3 is 2.50 bits per heavy atom. The molecule has 0 saturated heterocycles. The van der Waals surface area contributed by atoms with Gasteiger partial charge in [-0.1, -0.05) is 34.6 Å². The molecule has 0 spiro atoms. The Labute approximate surface area is 122 Å². The molecule has 1 N–H and O–H groups in total. The summed E-state index contributed by atoms with van der Waals surface area (Å²) in [4.78, 5) is 16.2. The van der Waals surface area contributed by atoms with E-state index in [9.17, 15) is 4.79 Å². The highest BCUT2D eigenvalue weighted by molar-refractivity contribution is 5.76. The fraction of sp³-hybridized carbons (Fsp3) is 0.750. The number of aryl methyl sites for hydroxylation is 2. The number of aromatic nitrogens is 1. The van der Waals surface area contributed by atoms with Gasteiger partial charge >= 0.3 is 0 Å². The van der Waals surface area contributed by atoms with Crippen LogP contribution >= 0.6 is 0 Å². The summed E-state index contributed by atoms with van der Waals surface area (Å²) in [6, 6.07) is 0. The molecule has 20 heavy (non-hydrogen) atoms. The van der Waals surface area contributed by atoms with E-state index in [4.69, 9.17) is 4.42 Å². The highest BCUT2D eigenvalue weighted by Crippen LogP contribution is 2.24. The molecule has 0 aliphatic carbocycles. The van der Waals surface area contributed by atoms with Crippen LogP contribution in [0.1, 0.15) is 64.8 Å². The van der Waals surface area contributed by atoms with Crippen molar-refractivity contribution >= 4 is 5.91 Å². The third-order valence-corrected chi connectivity index (χ3v) is 3.16. The van der Waals surface area contributed by atoms with Gasteiger partial charge in [0, 0.05) is 24.8 Å². The molecule has 0 aliphatic rings. The number of carbonyl (C=O) groups is 1. The number of oxazole rings is 1. The van der Waals surface area contributed by atoms with E-state index in [1.54, 1.807) is 0 Å². The molecule has 1 amide bonds. The lowest BCUT2D eigenvalue weighted by atomic mass is 9.97. The number of rotatable bonds is 6. The second-order valence-corrected chi connectivity index (χ2v) is 6.81. The van der Waals surface area contributed by atoms with Crippen LogP contribution in [0.15, 0.2) is 4.42 Å². The van der Waals surface area contributed by atoms with Crippen LogP contribution in [0.25, 0.3) is 0 Å². The molecule has 1 heterocycles. The van der Waals surface area contributed by atoms with Gasteiger partial charge in [-0.05, 0) is 19.3 Å². The van der Waals surface area contributed by atoms with Crippen LogP contribution in [0.2, 0.25) is 0 Å². The van der Waals surface area contributed by atoms with E-state index in [0.29, 0.717) is 18.8 Å². The summed E-state index contributed by atoms with van der Waals surface area (Å²) in [5.74, 6) is 2.26. The van der Waals surface area contributed by atoms with Crippen molar-refractivity contribution in [2.75, 3.05) is 6.54 Å². The molecule has 0 bridgehead atoms. The topological polar surface area (TPSA) is 55.1 Å². The summed E-state index contributed by atoms with van der Waals surface area (Å²) in [6.45, 7) is 13.2. The van der Waals surface area contributed by atoms with Crippen LogP contribution in [0.3, 0.4) is 0 Å². The number of nitrogens with zero attached hydrogens (tertiary/aromatic N) is 1. The van der Waals surface area contributed by atoms with Crippen LogP contribution < -0.4 is 5.32 Å². The summed E-state index contributed by atoms with van der Waals surface area (Å²) in [5, 5.41) is 2.94. The van der Waals surface area contributed by atoms with Crippen LogP contribution in [-0.2, 0) is 16.6 Å². The largest absolute Gasteiger partial charge is 0.445 e. The number of hydrogen-bond donors (Lipinski definition) is 1. The highest BCUT2D eigenvalue weighted by Gasteiger charge is 2.22. The van der Waals surface area contributed by atoms with Gasteiger partial charge in [-0.3, -0.25) is 4.79 Å². The zero-order valence-electron chi connectivity index (χ0n) is 13.7. The predicted molar refractivity (Wildman–Crippen MR) is 80.7 cm³/mol. The molecule has 114 valence electrons. The summed E-state index contributed by atoms with van der Waals surface area (Å²) < 4.78 is 5.78. The van der Waals surface area contributed by atoms with Crippen molar-refractivity contribution < 1.29 is 9.21 Å². The van der Waals surface area contributed by atoms with Gasteiger partial charge in [-0.15, -0.1) is 0 Å². The monoisotopic (exact) mass is 280 g/mol. The van der Waals surface area contributed by atoms with Gasteiger partial charge in [0.1, 0.15) is 5.76 Å². The van der Waals surface area contributed by atoms with Gasteiger partial charge in [0.2, 0.25) is 5.91 Å². The first kappa shape index (κ1) is 16.7. The average molecular weight is 280 g/mol. The van der Waals surface area contributed by atoms with Crippen molar-refractivity contribution in [3.8, 4) is 0 Å². The van der Waals surface area contributed by atoms with E-state index < -0.39 is 0 Å². The summed E-state index contributed by atoms with van der Waals surface area (Å²) >= 11 is 0. The van der Waals surface area contributed by atoms with Crippen LogP contribution in [-0.4, -0.2) is 17.4 Å². The maximum absolute atomic E-state index is 11.7. The maximum atomic E-state index is 11.7. The fourth-order valence-electron chi connectivity index (χ4n) is 1.80. The first-order valence-corrected chi connectivity index (χ1v) is 7.43. The van der Waals surface area contributed by atoms with Gasteiger partial charge in [0.05, 0.1) is 5.69 Å². The molecule has 1 aromatic heterocycles. The van der Waals surface area contributed by atoms with Crippen molar-refractivity contribution in [3.63, 3.8) is 0 Å². The van der Waals surface area contributed by atoms with Crippen LogP contribution in [0.5, 0.6) is 0 Å². The summed E-state index contributed by atoms with van der Waals surface area (Å²) in [6.07, 6.45) is 2.08. The van der Waals surface area contributed by atoms with Crippen molar-refractivity contribution in [2.24, 2.45) is 5.92 Å². The van der Waals surface area contributed by atoms with Crippen molar-refractivity contribution in [3.05, 3.63) is 17.3 Å². The Bertz CT molecular complexity index is 442. The van der Waals surface area contributed by atoms with Crippen molar-refractivity contribution in [1.29, 1.82) is 0 Å². The first-order valence-electron chi connectivity index (χ1n) is 7.43. The second kappa shape index (κ2) is 6.91. The number of carbonyl (C=O) groups excluding carboxylic acids is 1. The molecule has 4 heteroatoms. The lowest BCUT2D eigenvalue weighted by molar-refractivity contribution is -0.121. The maximum Gasteiger partial charge on any atom is 0.220 e. The van der Waals surface area contributed by atoms with Gasteiger partial charge in [-0.2, -0.15) is 0 Å². The van der Waals surface area contributed by atoms with E-state index in [2.05, 4.69) is 44.9 Å². The third-order valence-electron chi connectivity index (χ3n) is 3.16. The first-order chi connectivity index (χ1) is 9.20. The molecule has 1 aromatic rings. The Balaban J connectivity index is 2.46. The Morgan fingerprint density at radius 2 is 2.00 bits per heavy atom. The second-order valence-electron chi connectivity index (χ2n) is 6.81. The highest BCUT2D eigenvalue weighted by atomic mass is 16.4. The Morgan fingerprint density at radius 1 is 1.35 bits per heavy atom. The van der Waals surface area contributed by atoms with Crippen LogP contribution in [0, 0.1) is 12.8 Å². The Hall–Kier alpha value is -1.32. The quantitative estimate of drug-likeness (QED) is 0.869. The van der Waals surface area contributed by atoms with Gasteiger partial charge in [-0.25, -0.2) is 4.98 Å². The molecule has 1 rings (SSSR count). The van der Waals surface area contributed by atoms with E-state index in [1.165, 1.54) is 0 Å². The lowest BCUT2D eigenvalue weighted by Gasteiger charge is -2.12. The van der Waals surface area contributed by atoms with E-state index in [1.807, 2.05) is 6.92 Å². The van der Waals surface area contributed by atoms with E-state index >= 15 is 0 Å². The fourth-order valence-corrected chi connectivity index (χ4v) is 1.80. The van der Waals surface area contributed by atoms with Gasteiger partial charge in [0.15, 0.2) is 5.89 Å². The zero-order valence-corrected chi connectivity index (χ0v) is 13.7. The molecule has 0 unspecified atom stereocenters. The predicted octanol–water partition coefficient (Wildman–Crippen LogP) is 3.38. The molecule has 0 fully saturated rings. The van der Waals surface area contributed by atoms with Crippen LogP contribution in [0.4, 0.5) is 0 Å². The number of hydrogen-bond acceptors (Lipinski definition) is 3. The number of amides is 1. The minimum atomic E-state index is -0.0947. The SMILES string of the molecule is Cc1nc(C(C)(C)C)oc1CCC(=O)NCCC(C)C. The molecule has 0 aromatic carbocycles. The summed E-state index contributed by atoms with van der Waals surface area (Å²) in [5.41, 5.74) is 0.799. The standard InChI is InChI=1S/C16H28N2O2/c1-11(2)9-10-17-14(19)8-7-13-12(3)18-15(20-13)16(4,5)6/h11H,7-10H2,1-6H3,(H,17,19). The van der Waals surface area contributed by atoms with Crippen molar-refractivity contribution in [1.82, 2.24) is 10.3 Å². The molecule has 0 aliphatic heterocycles. The molecule has 0 radical (unpaired) electrons. The lowest BCUT2D eigenvalue weighted by Crippen LogP contribution is -2.25. The summed E-state index contributed by atoms with van der Waals surface area (Å²) in [7, 11) is 0. The van der Waals surface area contributed by atoms with Gasteiger partial charge in [0.25, 0.3) is 0 Å². The van der Waals surface area contributed by atoms with Crippen molar-refractivity contribution in [2.45, 2.75) is 66.2 Å². The Kier molecular flexibility index (Phi) is 5.78. The normalized spacial score (nSPS) is 11.9. The zero-order chi connectivity index (χ0) is 15.3. The van der Waals surface area contributed by atoms with E-state index in [0.717, 1.165) is 30.3 Å². The van der Waals surface area contributed by atoms with E-state index in [-0.39, 0.29) is 11.3 Å². The molecule has 0 saturated carbocycles. The molecule has 0 atom stereocenters. The molecular weight excluding hydrogens is 252 g/mol. The number of nitrogens with one attached hydrogen (secondary N) is 1. The smallest absolute Gasteiger partial charge is 0.220 e. The molecular formula is C16H28N2O2.